The number of ether oxygens (including phenoxy) is 2. The van der Waals surface area contributed by atoms with Gasteiger partial charge in [-0.1, -0.05) is 29.3 Å². The molecule has 0 fully saturated rings. The van der Waals surface area contributed by atoms with Gasteiger partial charge in [0.2, 0.25) is 0 Å². The minimum Gasteiger partial charge on any atom is -0.497 e. The zero-order valence-electron chi connectivity index (χ0n) is 14.6. The molecule has 1 N–H and O–H groups in total. The van der Waals surface area contributed by atoms with Gasteiger partial charge >= 0.3 is 0 Å². The van der Waals surface area contributed by atoms with Crippen molar-refractivity contribution >= 4 is 28.9 Å². The molecule has 0 amide bonds. The highest BCUT2D eigenvalue weighted by atomic mass is 35.5. The van der Waals surface area contributed by atoms with Crippen LogP contribution in [-0.4, -0.2) is 7.11 Å². The standard InChI is InChI=1S/C21H18Cl2FNO2/c1-26-17-8-6-16(7-9-17)25-12-14-11-15(22)5-10-21(14)27-13-18-19(23)3-2-4-20(18)24/h2-11,25H,12-13H2,1H3. The summed E-state index contributed by atoms with van der Waals surface area (Å²) in [6.07, 6.45) is 0. The lowest BCUT2D eigenvalue weighted by atomic mass is 10.2. The summed E-state index contributed by atoms with van der Waals surface area (Å²) < 4.78 is 24.9. The Morgan fingerprint density at radius 2 is 1.78 bits per heavy atom. The van der Waals surface area contributed by atoms with Gasteiger partial charge in [0.25, 0.3) is 0 Å². The quantitative estimate of drug-likeness (QED) is 0.497. The fourth-order valence-corrected chi connectivity index (χ4v) is 2.97. The third kappa shape index (κ3) is 5.06. The molecule has 0 radical (unpaired) electrons. The normalized spacial score (nSPS) is 10.5. The second-order valence-corrected chi connectivity index (χ2v) is 6.67. The maximum absolute atomic E-state index is 13.9. The van der Waals surface area contributed by atoms with Crippen LogP contribution < -0.4 is 14.8 Å². The fraction of sp³-hybridized carbons (Fsp3) is 0.143. The van der Waals surface area contributed by atoms with Crippen LogP contribution in [0.3, 0.4) is 0 Å². The summed E-state index contributed by atoms with van der Waals surface area (Å²) in [5, 5.41) is 4.24. The third-order valence-corrected chi connectivity index (χ3v) is 4.62. The van der Waals surface area contributed by atoms with Gasteiger partial charge in [-0.2, -0.15) is 0 Å². The molecule has 0 saturated carbocycles. The van der Waals surface area contributed by atoms with Crippen LogP contribution in [0.15, 0.2) is 60.7 Å². The first-order chi connectivity index (χ1) is 13.1. The van der Waals surface area contributed by atoms with Crippen molar-refractivity contribution in [2.75, 3.05) is 12.4 Å². The van der Waals surface area contributed by atoms with E-state index in [1.54, 1.807) is 31.4 Å². The van der Waals surface area contributed by atoms with Gasteiger partial charge in [0.15, 0.2) is 0 Å². The maximum Gasteiger partial charge on any atom is 0.131 e. The number of nitrogens with one attached hydrogen (secondary N) is 1. The Bertz CT molecular complexity index is 896. The van der Waals surface area contributed by atoms with Gasteiger partial charge in [0.1, 0.15) is 23.9 Å². The molecule has 140 valence electrons. The maximum atomic E-state index is 13.9. The molecule has 3 aromatic rings. The van der Waals surface area contributed by atoms with E-state index >= 15 is 0 Å². The van der Waals surface area contributed by atoms with Crippen molar-refractivity contribution in [1.29, 1.82) is 0 Å². The van der Waals surface area contributed by atoms with E-state index in [-0.39, 0.29) is 6.61 Å². The summed E-state index contributed by atoms with van der Waals surface area (Å²) in [7, 11) is 1.62. The highest BCUT2D eigenvalue weighted by Gasteiger charge is 2.10. The van der Waals surface area contributed by atoms with Gasteiger partial charge in [-0.25, -0.2) is 4.39 Å². The van der Waals surface area contributed by atoms with Gasteiger partial charge < -0.3 is 14.8 Å². The number of halogens is 3. The molecule has 0 spiro atoms. The van der Waals surface area contributed by atoms with Gasteiger partial charge in [-0.05, 0) is 54.6 Å². The molecule has 3 rings (SSSR count). The first-order valence-electron chi connectivity index (χ1n) is 8.29. The Kier molecular flexibility index (Phi) is 6.43. The summed E-state index contributed by atoms with van der Waals surface area (Å²) in [5.74, 6) is 1.00. The predicted octanol–water partition coefficient (Wildman–Crippen LogP) is 6.33. The lowest BCUT2D eigenvalue weighted by Crippen LogP contribution is -2.05. The van der Waals surface area contributed by atoms with Crippen molar-refractivity contribution in [2.45, 2.75) is 13.2 Å². The van der Waals surface area contributed by atoms with Gasteiger partial charge in [-0.3, -0.25) is 0 Å². The molecule has 0 aliphatic heterocycles. The van der Waals surface area contributed by atoms with E-state index < -0.39 is 5.82 Å². The van der Waals surface area contributed by atoms with Crippen LogP contribution in [0.25, 0.3) is 0 Å². The Balaban J connectivity index is 1.72. The van der Waals surface area contributed by atoms with Crippen molar-refractivity contribution in [3.8, 4) is 11.5 Å². The van der Waals surface area contributed by atoms with E-state index in [0.717, 1.165) is 17.0 Å². The van der Waals surface area contributed by atoms with Crippen LogP contribution in [0.1, 0.15) is 11.1 Å². The third-order valence-electron chi connectivity index (χ3n) is 4.03. The highest BCUT2D eigenvalue weighted by Crippen LogP contribution is 2.27. The molecule has 0 saturated heterocycles. The Labute approximate surface area is 167 Å². The van der Waals surface area contributed by atoms with E-state index in [4.69, 9.17) is 32.7 Å². The topological polar surface area (TPSA) is 30.5 Å². The van der Waals surface area contributed by atoms with Crippen LogP contribution >= 0.6 is 23.2 Å². The summed E-state index contributed by atoms with van der Waals surface area (Å²) in [6.45, 7) is 0.524. The molecular weight excluding hydrogens is 388 g/mol. The van der Waals surface area contributed by atoms with Crippen LogP contribution in [0.2, 0.25) is 10.0 Å². The van der Waals surface area contributed by atoms with E-state index in [0.29, 0.717) is 27.9 Å². The molecule has 0 aromatic heterocycles. The van der Waals surface area contributed by atoms with E-state index in [1.165, 1.54) is 6.07 Å². The van der Waals surface area contributed by atoms with Crippen LogP contribution in [0.4, 0.5) is 10.1 Å². The van der Waals surface area contributed by atoms with Crippen molar-refractivity contribution in [1.82, 2.24) is 0 Å². The highest BCUT2D eigenvalue weighted by molar-refractivity contribution is 6.31. The molecule has 0 atom stereocenters. The lowest BCUT2D eigenvalue weighted by Gasteiger charge is -2.14. The molecule has 0 heterocycles. The monoisotopic (exact) mass is 405 g/mol. The minimum absolute atomic E-state index is 0.0304. The first kappa shape index (κ1) is 19.3. The van der Waals surface area contributed by atoms with Gasteiger partial charge in [0, 0.05) is 28.4 Å². The average molecular weight is 406 g/mol. The van der Waals surface area contributed by atoms with Crippen molar-refractivity contribution < 1.29 is 13.9 Å². The minimum atomic E-state index is -0.394. The Morgan fingerprint density at radius 3 is 2.48 bits per heavy atom. The molecule has 0 bridgehead atoms. The molecule has 3 aromatic carbocycles. The predicted molar refractivity (Wildman–Crippen MR) is 108 cm³/mol. The zero-order valence-corrected chi connectivity index (χ0v) is 16.1. The number of hydrogen-bond acceptors (Lipinski definition) is 3. The summed E-state index contributed by atoms with van der Waals surface area (Å²) in [6, 6.07) is 17.5. The van der Waals surface area contributed by atoms with Crippen molar-refractivity contribution in [3.63, 3.8) is 0 Å². The molecule has 27 heavy (non-hydrogen) atoms. The van der Waals surface area contributed by atoms with E-state index in [1.807, 2.05) is 30.3 Å². The van der Waals surface area contributed by atoms with Gasteiger partial charge in [-0.15, -0.1) is 0 Å². The van der Waals surface area contributed by atoms with E-state index in [2.05, 4.69) is 5.32 Å². The van der Waals surface area contributed by atoms with Gasteiger partial charge in [0.05, 0.1) is 12.1 Å². The summed E-state index contributed by atoms with van der Waals surface area (Å²) in [4.78, 5) is 0. The molecular formula is C21H18Cl2FNO2. The Morgan fingerprint density at radius 1 is 1.00 bits per heavy atom. The Hall–Kier alpha value is -2.43. The molecule has 3 nitrogen and oxygen atoms in total. The number of methoxy groups -OCH3 is 1. The SMILES string of the molecule is COc1ccc(NCc2cc(Cl)ccc2OCc2c(F)cccc2Cl)cc1. The average Bonchev–Trinajstić information content (AvgIpc) is 2.67. The number of hydrogen-bond donors (Lipinski definition) is 1. The van der Waals surface area contributed by atoms with E-state index in [9.17, 15) is 4.39 Å². The molecule has 0 unspecified atom stereocenters. The molecule has 0 aliphatic rings. The van der Waals surface area contributed by atoms with Crippen LogP contribution in [-0.2, 0) is 13.2 Å². The number of benzene rings is 3. The van der Waals surface area contributed by atoms with Crippen LogP contribution in [0.5, 0.6) is 11.5 Å². The smallest absolute Gasteiger partial charge is 0.131 e. The first-order valence-corrected chi connectivity index (χ1v) is 9.04. The summed E-state index contributed by atoms with van der Waals surface area (Å²) >= 11 is 12.2. The molecule has 0 aliphatic carbocycles. The largest absolute Gasteiger partial charge is 0.497 e. The second kappa shape index (κ2) is 8.98. The lowest BCUT2D eigenvalue weighted by molar-refractivity contribution is 0.297. The summed E-state index contributed by atoms with van der Waals surface area (Å²) in [5.41, 5.74) is 2.10. The second-order valence-electron chi connectivity index (χ2n) is 5.82. The number of rotatable bonds is 7. The van der Waals surface area contributed by atoms with Crippen molar-refractivity contribution in [2.24, 2.45) is 0 Å². The van der Waals surface area contributed by atoms with Crippen molar-refractivity contribution in [3.05, 3.63) is 87.7 Å². The van der Waals surface area contributed by atoms with Crippen LogP contribution in [0, 0.1) is 5.82 Å². The number of anilines is 1. The zero-order chi connectivity index (χ0) is 19.2. The fourth-order valence-electron chi connectivity index (χ4n) is 2.55. The molecule has 6 heteroatoms.